The van der Waals surface area contributed by atoms with Crippen LogP contribution in [-0.4, -0.2) is 10.2 Å². The van der Waals surface area contributed by atoms with Gasteiger partial charge in [0.2, 0.25) is 5.82 Å². The number of halogens is 1. The molecule has 1 aromatic rings. The first-order valence-corrected chi connectivity index (χ1v) is 2.58. The van der Waals surface area contributed by atoms with Crippen molar-refractivity contribution >= 4 is 5.69 Å². The maximum absolute atomic E-state index is 12.4. The molecule has 0 saturated heterocycles. The third-order valence-corrected chi connectivity index (χ3v) is 1.06. The molecular formula is C6H6FNO2. The van der Waals surface area contributed by atoms with Gasteiger partial charge in [0.15, 0.2) is 11.5 Å². The summed E-state index contributed by atoms with van der Waals surface area (Å²) in [6.07, 6.45) is 0. The molecule has 1 aromatic carbocycles. The van der Waals surface area contributed by atoms with E-state index in [0.29, 0.717) is 0 Å². The topological polar surface area (TPSA) is 66.5 Å². The van der Waals surface area contributed by atoms with Gasteiger partial charge >= 0.3 is 0 Å². The van der Waals surface area contributed by atoms with Crippen LogP contribution in [0.5, 0.6) is 11.5 Å². The molecule has 0 amide bonds. The van der Waals surface area contributed by atoms with E-state index in [-0.39, 0.29) is 5.69 Å². The smallest absolute Gasteiger partial charge is 0.206 e. The molecule has 3 nitrogen and oxygen atoms in total. The molecule has 0 radical (unpaired) electrons. The highest BCUT2D eigenvalue weighted by Gasteiger charge is 2.06. The van der Waals surface area contributed by atoms with Crippen molar-refractivity contribution in [1.29, 1.82) is 0 Å². The van der Waals surface area contributed by atoms with Crippen LogP contribution >= 0.6 is 0 Å². The number of anilines is 1. The van der Waals surface area contributed by atoms with Gasteiger partial charge in [0.05, 0.1) is 0 Å². The average Bonchev–Trinajstić information content (AvgIpc) is 1.82. The first kappa shape index (κ1) is 6.67. The lowest BCUT2D eigenvalue weighted by atomic mass is 10.3. The normalized spacial score (nSPS) is 9.70. The van der Waals surface area contributed by atoms with E-state index in [1.165, 1.54) is 0 Å². The molecule has 0 unspecified atom stereocenters. The Hall–Kier alpha value is -1.45. The molecule has 54 valence electrons. The molecule has 0 saturated carbocycles. The fraction of sp³-hybridized carbons (Fsp3) is 0. The van der Waals surface area contributed by atoms with Crippen LogP contribution in [0.1, 0.15) is 0 Å². The molecule has 0 atom stereocenters. The number of phenolic OH excluding ortho intramolecular Hbond substituents is 2. The van der Waals surface area contributed by atoms with Crippen molar-refractivity contribution < 1.29 is 14.6 Å². The summed E-state index contributed by atoms with van der Waals surface area (Å²) in [5.41, 5.74) is 5.26. The molecule has 10 heavy (non-hydrogen) atoms. The van der Waals surface area contributed by atoms with E-state index in [1.807, 2.05) is 0 Å². The second-order valence-electron chi connectivity index (χ2n) is 1.87. The molecule has 0 fully saturated rings. The standard InChI is InChI=1S/C6H6FNO2/c7-6-4(9)1-3(8)2-5(6)10/h1-2,9-10H,8H2. The van der Waals surface area contributed by atoms with Crippen molar-refractivity contribution in [2.24, 2.45) is 0 Å². The summed E-state index contributed by atoms with van der Waals surface area (Å²) < 4.78 is 12.4. The number of aromatic hydroxyl groups is 2. The molecular weight excluding hydrogens is 137 g/mol. The average molecular weight is 143 g/mol. The third kappa shape index (κ3) is 0.953. The summed E-state index contributed by atoms with van der Waals surface area (Å²) in [6, 6.07) is 2.05. The molecule has 0 bridgehead atoms. The van der Waals surface area contributed by atoms with Gasteiger partial charge in [-0.2, -0.15) is 4.39 Å². The van der Waals surface area contributed by atoms with Crippen LogP contribution in [0.4, 0.5) is 10.1 Å². The van der Waals surface area contributed by atoms with E-state index in [9.17, 15) is 4.39 Å². The van der Waals surface area contributed by atoms with E-state index in [2.05, 4.69) is 0 Å². The number of hydrogen-bond acceptors (Lipinski definition) is 3. The van der Waals surface area contributed by atoms with Crippen LogP contribution in [0, 0.1) is 5.82 Å². The molecule has 4 heteroatoms. The highest BCUT2D eigenvalue weighted by molar-refractivity contribution is 5.50. The molecule has 0 spiro atoms. The van der Waals surface area contributed by atoms with Gasteiger partial charge in [0.25, 0.3) is 0 Å². The van der Waals surface area contributed by atoms with Gasteiger partial charge < -0.3 is 15.9 Å². The Labute approximate surface area is 56.5 Å². The SMILES string of the molecule is Nc1cc(O)c(F)c(O)c1. The van der Waals surface area contributed by atoms with Gasteiger partial charge in [-0.25, -0.2) is 0 Å². The molecule has 0 aliphatic heterocycles. The predicted molar refractivity (Wildman–Crippen MR) is 34.1 cm³/mol. The summed E-state index contributed by atoms with van der Waals surface area (Å²) in [5.74, 6) is -2.33. The Balaban J connectivity index is 3.31. The van der Waals surface area contributed by atoms with Gasteiger partial charge in [-0.05, 0) is 0 Å². The minimum atomic E-state index is -1.05. The van der Waals surface area contributed by atoms with Gasteiger partial charge in [0, 0.05) is 17.8 Å². The fourth-order valence-corrected chi connectivity index (χ4v) is 0.615. The number of benzene rings is 1. The monoisotopic (exact) mass is 143 g/mol. The summed E-state index contributed by atoms with van der Waals surface area (Å²) in [6.45, 7) is 0. The minimum absolute atomic E-state index is 0.122. The number of rotatable bonds is 0. The minimum Gasteiger partial charge on any atom is -0.505 e. The number of phenols is 2. The molecule has 0 aliphatic carbocycles. The second kappa shape index (κ2) is 2.06. The zero-order valence-electron chi connectivity index (χ0n) is 5.00. The summed E-state index contributed by atoms with van der Waals surface area (Å²) in [4.78, 5) is 0. The van der Waals surface area contributed by atoms with Gasteiger partial charge in [-0.3, -0.25) is 0 Å². The maximum Gasteiger partial charge on any atom is 0.206 e. The van der Waals surface area contributed by atoms with Crippen LogP contribution in [0.2, 0.25) is 0 Å². The van der Waals surface area contributed by atoms with Gasteiger partial charge in [0.1, 0.15) is 0 Å². The Bertz CT molecular complexity index is 239. The molecule has 0 heterocycles. The Kier molecular flexibility index (Phi) is 1.37. The lowest BCUT2D eigenvalue weighted by Gasteiger charge is -1.98. The summed E-state index contributed by atoms with van der Waals surface area (Å²) in [5, 5.41) is 17.3. The second-order valence-corrected chi connectivity index (χ2v) is 1.87. The summed E-state index contributed by atoms with van der Waals surface area (Å²) >= 11 is 0. The van der Waals surface area contributed by atoms with Crippen molar-refractivity contribution in [2.45, 2.75) is 0 Å². The number of hydrogen-bond donors (Lipinski definition) is 3. The van der Waals surface area contributed by atoms with Crippen LogP contribution in [-0.2, 0) is 0 Å². The van der Waals surface area contributed by atoms with Crippen molar-refractivity contribution in [3.05, 3.63) is 17.9 Å². The largest absolute Gasteiger partial charge is 0.505 e. The van der Waals surface area contributed by atoms with Crippen LogP contribution in [0.3, 0.4) is 0 Å². The maximum atomic E-state index is 12.4. The van der Waals surface area contributed by atoms with Crippen molar-refractivity contribution in [3.63, 3.8) is 0 Å². The zero-order valence-corrected chi connectivity index (χ0v) is 5.00. The Morgan fingerprint density at radius 1 is 1.20 bits per heavy atom. The molecule has 0 aliphatic rings. The summed E-state index contributed by atoms with van der Waals surface area (Å²) in [7, 11) is 0. The lowest BCUT2D eigenvalue weighted by Crippen LogP contribution is -1.85. The Morgan fingerprint density at radius 3 is 2.00 bits per heavy atom. The van der Waals surface area contributed by atoms with Gasteiger partial charge in [-0.15, -0.1) is 0 Å². The first-order chi connectivity index (χ1) is 4.61. The molecule has 4 N–H and O–H groups in total. The van der Waals surface area contributed by atoms with Crippen molar-refractivity contribution in [1.82, 2.24) is 0 Å². The third-order valence-electron chi connectivity index (χ3n) is 1.06. The van der Waals surface area contributed by atoms with Gasteiger partial charge in [-0.1, -0.05) is 0 Å². The number of nitrogen functional groups attached to an aromatic ring is 1. The van der Waals surface area contributed by atoms with Crippen LogP contribution in [0.25, 0.3) is 0 Å². The Morgan fingerprint density at radius 2 is 1.60 bits per heavy atom. The van der Waals surface area contributed by atoms with E-state index in [0.717, 1.165) is 12.1 Å². The molecule has 1 rings (SSSR count). The highest BCUT2D eigenvalue weighted by atomic mass is 19.1. The van der Waals surface area contributed by atoms with Crippen molar-refractivity contribution in [2.75, 3.05) is 5.73 Å². The molecule has 0 aromatic heterocycles. The lowest BCUT2D eigenvalue weighted by molar-refractivity contribution is 0.390. The predicted octanol–water partition coefficient (Wildman–Crippen LogP) is 0.819. The van der Waals surface area contributed by atoms with Crippen LogP contribution < -0.4 is 5.73 Å². The van der Waals surface area contributed by atoms with E-state index >= 15 is 0 Å². The quantitative estimate of drug-likeness (QED) is 0.471. The van der Waals surface area contributed by atoms with E-state index < -0.39 is 17.3 Å². The van der Waals surface area contributed by atoms with E-state index in [1.54, 1.807) is 0 Å². The van der Waals surface area contributed by atoms with E-state index in [4.69, 9.17) is 15.9 Å². The number of nitrogens with two attached hydrogens (primary N) is 1. The van der Waals surface area contributed by atoms with Crippen molar-refractivity contribution in [3.8, 4) is 11.5 Å². The van der Waals surface area contributed by atoms with Crippen LogP contribution in [0.15, 0.2) is 12.1 Å². The first-order valence-electron chi connectivity index (χ1n) is 2.58. The highest BCUT2D eigenvalue weighted by Crippen LogP contribution is 2.27. The fourth-order valence-electron chi connectivity index (χ4n) is 0.615. The zero-order chi connectivity index (χ0) is 7.72.